The molecule has 0 amide bonds. The van der Waals surface area contributed by atoms with Gasteiger partial charge in [0.2, 0.25) is 0 Å². The molecule has 0 saturated heterocycles. The molecule has 0 saturated carbocycles. The maximum Gasteiger partial charge on any atom is -0.0443 e. The van der Waals surface area contributed by atoms with Crippen molar-refractivity contribution in [2.45, 2.75) is 169 Å². The van der Waals surface area contributed by atoms with Crippen molar-refractivity contribution >= 4 is 0 Å². The van der Waals surface area contributed by atoms with Crippen LogP contribution in [0.2, 0.25) is 0 Å². The first-order chi connectivity index (χ1) is 13.7. The van der Waals surface area contributed by atoms with Gasteiger partial charge in [-0.2, -0.15) is 0 Å². The summed E-state index contributed by atoms with van der Waals surface area (Å²) in [6.45, 7) is 9.52. The van der Waals surface area contributed by atoms with E-state index in [4.69, 9.17) is 0 Å². The Bertz CT molecular complexity index is 269. The average molecular weight is 395 g/mol. The summed E-state index contributed by atoms with van der Waals surface area (Å²) in [5.41, 5.74) is 0. The Labute approximate surface area is 181 Å². The first-order valence-electron chi connectivity index (χ1n) is 13.7. The summed E-state index contributed by atoms with van der Waals surface area (Å²) < 4.78 is 0. The fraction of sp³-hybridized carbons (Fsp3) is 1.00. The lowest BCUT2D eigenvalue weighted by molar-refractivity contribution is 0.428. The Hall–Kier alpha value is 0. The van der Waals surface area contributed by atoms with E-state index >= 15 is 0 Å². The lowest BCUT2D eigenvalue weighted by Crippen LogP contribution is -1.95. The van der Waals surface area contributed by atoms with Gasteiger partial charge in [0, 0.05) is 0 Å². The molecule has 0 aromatic carbocycles. The van der Waals surface area contributed by atoms with Crippen LogP contribution in [0, 0.1) is 11.8 Å². The van der Waals surface area contributed by atoms with Crippen LogP contribution >= 0.6 is 0 Å². The lowest BCUT2D eigenvalue weighted by Gasteiger charge is -2.11. The van der Waals surface area contributed by atoms with E-state index in [1.165, 1.54) is 141 Å². The topological polar surface area (TPSA) is 0 Å². The summed E-state index contributed by atoms with van der Waals surface area (Å²) in [5.74, 6) is 1.91. The van der Waals surface area contributed by atoms with Crippen molar-refractivity contribution in [1.82, 2.24) is 0 Å². The smallest absolute Gasteiger partial charge is 0.0443 e. The molecular formula is C28H58. The van der Waals surface area contributed by atoms with E-state index in [1.54, 1.807) is 0 Å². The van der Waals surface area contributed by atoms with Crippen LogP contribution in [0.4, 0.5) is 0 Å². The fourth-order valence-corrected chi connectivity index (χ4v) is 4.37. The minimum absolute atomic E-state index is 0.947. The van der Waals surface area contributed by atoms with Crippen LogP contribution in [0.25, 0.3) is 0 Å². The normalized spacial score (nSPS) is 13.7. The van der Waals surface area contributed by atoms with Crippen molar-refractivity contribution in [2.24, 2.45) is 11.8 Å². The van der Waals surface area contributed by atoms with E-state index in [1.807, 2.05) is 0 Å². The first-order valence-corrected chi connectivity index (χ1v) is 13.7. The van der Waals surface area contributed by atoms with Gasteiger partial charge < -0.3 is 0 Å². The largest absolute Gasteiger partial charge is 0.0654 e. The van der Waals surface area contributed by atoms with Crippen LogP contribution in [0.1, 0.15) is 169 Å². The number of rotatable bonds is 23. The maximum atomic E-state index is 2.49. The number of hydrogen-bond acceptors (Lipinski definition) is 0. The van der Waals surface area contributed by atoms with Crippen LogP contribution in [-0.4, -0.2) is 0 Å². The number of hydrogen-bond donors (Lipinski definition) is 0. The molecule has 0 aliphatic heterocycles. The second-order valence-electron chi connectivity index (χ2n) is 10.00. The molecule has 2 unspecified atom stereocenters. The molecule has 0 radical (unpaired) electrons. The van der Waals surface area contributed by atoms with E-state index in [0.717, 1.165) is 11.8 Å². The van der Waals surface area contributed by atoms with E-state index in [-0.39, 0.29) is 0 Å². The molecule has 0 bridgehead atoms. The Balaban J connectivity index is 3.16. The average Bonchev–Trinajstić information content (AvgIpc) is 2.70. The molecule has 0 heterocycles. The van der Waals surface area contributed by atoms with Gasteiger partial charge in [-0.05, 0) is 11.8 Å². The molecule has 0 heteroatoms. The highest BCUT2D eigenvalue weighted by Gasteiger charge is 2.02. The highest BCUT2D eigenvalue weighted by molar-refractivity contribution is 4.56. The van der Waals surface area contributed by atoms with Crippen LogP contribution < -0.4 is 0 Å². The van der Waals surface area contributed by atoms with Crippen molar-refractivity contribution in [1.29, 1.82) is 0 Å². The Kier molecular flexibility index (Phi) is 23.3. The van der Waals surface area contributed by atoms with Gasteiger partial charge >= 0.3 is 0 Å². The maximum absolute atomic E-state index is 2.49. The highest BCUT2D eigenvalue weighted by atomic mass is 14.1. The third kappa shape index (κ3) is 22.3. The van der Waals surface area contributed by atoms with E-state index < -0.39 is 0 Å². The Morgan fingerprint density at radius 2 is 0.643 bits per heavy atom. The van der Waals surface area contributed by atoms with Gasteiger partial charge in [-0.25, -0.2) is 0 Å². The van der Waals surface area contributed by atoms with Crippen molar-refractivity contribution in [2.75, 3.05) is 0 Å². The van der Waals surface area contributed by atoms with E-state index in [2.05, 4.69) is 27.7 Å². The molecule has 0 fully saturated rings. The van der Waals surface area contributed by atoms with Gasteiger partial charge in [0.25, 0.3) is 0 Å². The second-order valence-corrected chi connectivity index (χ2v) is 10.00. The number of unbranched alkanes of at least 4 members (excludes halogenated alkanes) is 16. The van der Waals surface area contributed by atoms with Crippen LogP contribution in [0.5, 0.6) is 0 Å². The molecule has 28 heavy (non-hydrogen) atoms. The van der Waals surface area contributed by atoms with Crippen molar-refractivity contribution in [3.63, 3.8) is 0 Å². The highest BCUT2D eigenvalue weighted by Crippen LogP contribution is 2.19. The van der Waals surface area contributed by atoms with E-state index in [9.17, 15) is 0 Å². The molecule has 0 N–H and O–H groups in total. The Morgan fingerprint density at radius 1 is 0.357 bits per heavy atom. The molecule has 0 nitrogen and oxygen atoms in total. The molecular weight excluding hydrogens is 336 g/mol. The SMILES string of the molecule is CCCCCCCCCCCCC(C)CCCCCCCCCCC(C)CC. The van der Waals surface area contributed by atoms with Crippen LogP contribution in [-0.2, 0) is 0 Å². The van der Waals surface area contributed by atoms with Gasteiger partial charge in [0.15, 0.2) is 0 Å². The summed E-state index contributed by atoms with van der Waals surface area (Å²) in [6.07, 6.45) is 32.2. The lowest BCUT2D eigenvalue weighted by atomic mass is 9.95. The Morgan fingerprint density at radius 3 is 0.964 bits per heavy atom. The van der Waals surface area contributed by atoms with Crippen molar-refractivity contribution < 1.29 is 0 Å². The molecule has 2 atom stereocenters. The summed E-state index contributed by atoms with van der Waals surface area (Å²) >= 11 is 0. The third-order valence-corrected chi connectivity index (χ3v) is 6.89. The van der Waals surface area contributed by atoms with Gasteiger partial charge in [0.1, 0.15) is 0 Å². The zero-order chi connectivity index (χ0) is 20.7. The molecule has 0 rings (SSSR count). The van der Waals surface area contributed by atoms with Gasteiger partial charge in [-0.15, -0.1) is 0 Å². The monoisotopic (exact) mass is 394 g/mol. The summed E-state index contributed by atoms with van der Waals surface area (Å²) in [6, 6.07) is 0. The van der Waals surface area contributed by atoms with Crippen LogP contribution in [0.3, 0.4) is 0 Å². The van der Waals surface area contributed by atoms with Gasteiger partial charge in [0.05, 0.1) is 0 Å². The van der Waals surface area contributed by atoms with Crippen molar-refractivity contribution in [3.05, 3.63) is 0 Å². The van der Waals surface area contributed by atoms with Crippen LogP contribution in [0.15, 0.2) is 0 Å². The summed E-state index contributed by atoms with van der Waals surface area (Å²) in [7, 11) is 0. The zero-order valence-electron chi connectivity index (χ0n) is 20.7. The minimum Gasteiger partial charge on any atom is -0.0654 e. The second kappa shape index (κ2) is 23.3. The standard InChI is InChI=1S/C28H58/c1-5-7-8-9-10-11-12-16-19-22-25-28(4)26-23-20-17-14-13-15-18-21-24-27(3)6-2/h27-28H,5-26H2,1-4H3. The predicted octanol–water partition coefficient (Wildman–Crippen LogP) is 10.9. The molecule has 170 valence electrons. The summed E-state index contributed by atoms with van der Waals surface area (Å²) in [5, 5.41) is 0. The van der Waals surface area contributed by atoms with Gasteiger partial charge in [-0.3, -0.25) is 0 Å². The first kappa shape index (κ1) is 28.0. The molecule has 0 aliphatic rings. The summed E-state index contributed by atoms with van der Waals surface area (Å²) in [4.78, 5) is 0. The predicted molar refractivity (Wildman–Crippen MR) is 131 cm³/mol. The molecule has 0 aliphatic carbocycles. The molecule has 0 aromatic rings. The zero-order valence-corrected chi connectivity index (χ0v) is 20.7. The fourth-order valence-electron chi connectivity index (χ4n) is 4.37. The minimum atomic E-state index is 0.947. The third-order valence-electron chi connectivity index (χ3n) is 6.89. The quantitative estimate of drug-likeness (QED) is 0.151. The van der Waals surface area contributed by atoms with Gasteiger partial charge in [-0.1, -0.05) is 169 Å². The molecule has 0 aromatic heterocycles. The van der Waals surface area contributed by atoms with Crippen molar-refractivity contribution in [3.8, 4) is 0 Å². The molecule has 0 spiro atoms. The van der Waals surface area contributed by atoms with E-state index in [0.29, 0.717) is 0 Å².